The Morgan fingerprint density at radius 2 is 1.83 bits per heavy atom. The quantitative estimate of drug-likeness (QED) is 0.333. The number of morpholine rings is 1. The largest absolute Gasteiger partial charge is 0.385 e. The van der Waals surface area contributed by atoms with Gasteiger partial charge in [-0.05, 0) is 66.9 Å². The van der Waals surface area contributed by atoms with Crippen molar-refractivity contribution in [2.24, 2.45) is 0 Å². The first-order chi connectivity index (χ1) is 20.0. The lowest BCUT2D eigenvalue weighted by molar-refractivity contribution is -0.0364. The zero-order chi connectivity index (χ0) is 28.0. The number of aliphatic hydroxyl groups is 1. The molecule has 7 rings (SSSR count). The first-order valence-electron chi connectivity index (χ1n) is 14.1. The Balaban J connectivity index is 1.04. The summed E-state index contributed by atoms with van der Waals surface area (Å²) in [6.45, 7) is 4.09. The van der Waals surface area contributed by atoms with E-state index in [4.69, 9.17) is 21.3 Å². The second kappa shape index (κ2) is 10.6. The van der Waals surface area contributed by atoms with E-state index in [0.717, 1.165) is 35.7 Å². The third-order valence-corrected chi connectivity index (χ3v) is 8.75. The van der Waals surface area contributed by atoms with Crippen molar-refractivity contribution in [3.8, 4) is 0 Å². The zero-order valence-corrected chi connectivity index (χ0v) is 23.3. The molecule has 3 N–H and O–H groups in total. The van der Waals surface area contributed by atoms with Gasteiger partial charge in [-0.3, -0.25) is 4.79 Å². The molecule has 5 heterocycles. The van der Waals surface area contributed by atoms with Crippen molar-refractivity contribution in [2.75, 3.05) is 49.5 Å². The van der Waals surface area contributed by atoms with Crippen molar-refractivity contribution in [1.29, 1.82) is 0 Å². The molecule has 41 heavy (non-hydrogen) atoms. The van der Waals surface area contributed by atoms with E-state index in [1.54, 1.807) is 4.52 Å². The Bertz CT molecular complexity index is 1550. The van der Waals surface area contributed by atoms with Gasteiger partial charge in [0, 0.05) is 55.2 Å². The summed E-state index contributed by atoms with van der Waals surface area (Å²) in [5, 5.41) is 23.2. The molecule has 10 nitrogen and oxygen atoms in total. The Labute approximate surface area is 242 Å². The normalized spacial score (nSPS) is 22.1. The number of amides is 1. The highest BCUT2D eigenvalue weighted by molar-refractivity contribution is 6.30. The van der Waals surface area contributed by atoms with Crippen LogP contribution in [-0.4, -0.2) is 82.0 Å². The number of fused-ring (bicyclic) bond motifs is 2. The molecular weight excluding hydrogens is 542 g/mol. The molecule has 2 atom stereocenters. The summed E-state index contributed by atoms with van der Waals surface area (Å²) in [6.07, 6.45) is 3.14. The second-order valence-corrected chi connectivity index (χ2v) is 11.4. The van der Waals surface area contributed by atoms with Gasteiger partial charge in [-0.15, -0.1) is 5.10 Å². The van der Waals surface area contributed by atoms with Crippen molar-refractivity contribution < 1.29 is 14.6 Å². The molecule has 4 aromatic rings. The number of benzene rings is 2. The van der Waals surface area contributed by atoms with Gasteiger partial charge in [0.2, 0.25) is 5.95 Å². The van der Waals surface area contributed by atoms with E-state index in [1.165, 1.54) is 0 Å². The molecule has 3 aliphatic heterocycles. The summed E-state index contributed by atoms with van der Waals surface area (Å²) >= 11 is 6.04. The number of carbonyl (C=O) groups excluding carboxylic acids is 1. The third-order valence-electron chi connectivity index (χ3n) is 8.50. The summed E-state index contributed by atoms with van der Waals surface area (Å²) in [5.74, 6) is 0.498. The molecule has 0 unspecified atom stereocenters. The van der Waals surface area contributed by atoms with E-state index in [2.05, 4.69) is 20.6 Å². The molecule has 2 aromatic carbocycles. The van der Waals surface area contributed by atoms with Gasteiger partial charge in [0.25, 0.3) is 5.91 Å². The molecular formula is C30H32ClN7O3. The van der Waals surface area contributed by atoms with E-state index in [0.29, 0.717) is 55.6 Å². The van der Waals surface area contributed by atoms with Crippen molar-refractivity contribution in [3.63, 3.8) is 0 Å². The van der Waals surface area contributed by atoms with Crippen LogP contribution >= 0.6 is 11.6 Å². The summed E-state index contributed by atoms with van der Waals surface area (Å²) in [6, 6.07) is 19.0. The van der Waals surface area contributed by atoms with Gasteiger partial charge in [-0.1, -0.05) is 23.7 Å². The number of hydrogen-bond acceptors (Lipinski definition) is 8. The van der Waals surface area contributed by atoms with E-state index in [9.17, 15) is 9.90 Å². The van der Waals surface area contributed by atoms with Crippen LogP contribution in [0, 0.1) is 0 Å². The predicted molar refractivity (Wildman–Crippen MR) is 157 cm³/mol. The zero-order valence-electron chi connectivity index (χ0n) is 22.5. The lowest BCUT2D eigenvalue weighted by Crippen LogP contribution is -2.53. The molecule has 0 saturated carbocycles. The first kappa shape index (κ1) is 26.2. The number of aromatic nitrogens is 3. The van der Waals surface area contributed by atoms with Crippen LogP contribution < -0.4 is 15.5 Å². The maximum atomic E-state index is 13.2. The van der Waals surface area contributed by atoms with Crippen LogP contribution in [0.15, 0.2) is 66.9 Å². The van der Waals surface area contributed by atoms with E-state index in [-0.39, 0.29) is 18.1 Å². The van der Waals surface area contributed by atoms with Crippen LogP contribution in [0.5, 0.6) is 0 Å². The van der Waals surface area contributed by atoms with Gasteiger partial charge in [0.1, 0.15) is 0 Å². The number of anilines is 3. The summed E-state index contributed by atoms with van der Waals surface area (Å²) in [4.78, 5) is 22.2. The number of hydrogen-bond donors (Lipinski definition) is 3. The summed E-state index contributed by atoms with van der Waals surface area (Å²) in [5.41, 5.74) is 3.18. The SMILES string of the molecule is O=C(c1ccc(Nc2nc3c(N4CCC(O)(c5ccc(Cl)cc5)CC4)cccn3n2)cc1)N1CCO[C@@H]2CNC[C@@H]21. The van der Waals surface area contributed by atoms with Crippen LogP contribution in [0.1, 0.15) is 28.8 Å². The topological polar surface area (TPSA) is 107 Å². The fourth-order valence-corrected chi connectivity index (χ4v) is 6.32. The predicted octanol–water partition coefficient (Wildman–Crippen LogP) is 3.43. The van der Waals surface area contributed by atoms with Gasteiger partial charge in [-0.25, -0.2) is 4.52 Å². The Morgan fingerprint density at radius 3 is 2.61 bits per heavy atom. The van der Waals surface area contributed by atoms with Gasteiger partial charge in [0.15, 0.2) is 5.65 Å². The first-order valence-corrected chi connectivity index (χ1v) is 14.4. The smallest absolute Gasteiger partial charge is 0.254 e. The van der Waals surface area contributed by atoms with Crippen molar-refractivity contribution in [3.05, 3.63) is 83.0 Å². The van der Waals surface area contributed by atoms with Gasteiger partial charge in [-0.2, -0.15) is 4.98 Å². The van der Waals surface area contributed by atoms with Crippen LogP contribution in [-0.2, 0) is 10.3 Å². The number of ether oxygens (including phenoxy) is 1. The van der Waals surface area contributed by atoms with Crippen molar-refractivity contribution in [1.82, 2.24) is 24.8 Å². The highest BCUT2D eigenvalue weighted by Crippen LogP contribution is 2.36. The third kappa shape index (κ3) is 5.01. The Hall–Kier alpha value is -3.70. The highest BCUT2D eigenvalue weighted by Gasteiger charge is 2.39. The van der Waals surface area contributed by atoms with Crippen LogP contribution in [0.4, 0.5) is 17.3 Å². The average molecular weight is 574 g/mol. The second-order valence-electron chi connectivity index (χ2n) is 11.0. The van der Waals surface area contributed by atoms with E-state index < -0.39 is 5.60 Å². The van der Waals surface area contributed by atoms with Gasteiger partial charge >= 0.3 is 0 Å². The summed E-state index contributed by atoms with van der Waals surface area (Å²) in [7, 11) is 0. The molecule has 3 aliphatic rings. The fraction of sp³-hybridized carbons (Fsp3) is 0.367. The van der Waals surface area contributed by atoms with Crippen LogP contribution in [0.3, 0.4) is 0 Å². The molecule has 212 valence electrons. The standard InChI is InChI=1S/C30H32ClN7O3/c31-22-7-5-21(6-8-22)30(40)11-14-36(15-12-30)24-2-1-13-38-27(24)34-29(35-38)33-23-9-3-20(4-10-23)28(39)37-16-17-41-26-19-32-18-25(26)37/h1-10,13,25-26,32,40H,11-12,14-19H2,(H,33,35)/t25-,26+/m0/s1. The highest BCUT2D eigenvalue weighted by atomic mass is 35.5. The van der Waals surface area contributed by atoms with Crippen LogP contribution in [0.25, 0.3) is 5.65 Å². The maximum absolute atomic E-state index is 13.2. The molecule has 2 aromatic heterocycles. The molecule has 0 bridgehead atoms. The van der Waals surface area contributed by atoms with Gasteiger partial charge < -0.3 is 30.3 Å². The lowest BCUT2D eigenvalue weighted by Gasteiger charge is -2.39. The Morgan fingerprint density at radius 1 is 1.05 bits per heavy atom. The van der Waals surface area contributed by atoms with E-state index >= 15 is 0 Å². The van der Waals surface area contributed by atoms with E-state index in [1.807, 2.05) is 71.8 Å². The number of piperidine rings is 1. The number of halogens is 1. The molecule has 11 heteroatoms. The average Bonchev–Trinajstić information content (AvgIpc) is 3.65. The minimum absolute atomic E-state index is 0.0264. The lowest BCUT2D eigenvalue weighted by atomic mass is 9.84. The number of rotatable bonds is 5. The number of pyridine rings is 1. The van der Waals surface area contributed by atoms with Crippen LogP contribution in [0.2, 0.25) is 5.02 Å². The van der Waals surface area contributed by atoms with Gasteiger partial charge in [0.05, 0.1) is 30.0 Å². The van der Waals surface area contributed by atoms with Crippen molar-refractivity contribution >= 4 is 40.5 Å². The van der Waals surface area contributed by atoms with Crippen molar-refractivity contribution in [2.45, 2.75) is 30.6 Å². The number of nitrogens with zero attached hydrogens (tertiary/aromatic N) is 5. The Kier molecular flexibility index (Phi) is 6.78. The minimum Gasteiger partial charge on any atom is -0.385 e. The monoisotopic (exact) mass is 573 g/mol. The maximum Gasteiger partial charge on any atom is 0.254 e. The molecule has 0 radical (unpaired) electrons. The summed E-state index contributed by atoms with van der Waals surface area (Å²) < 4.78 is 7.57. The minimum atomic E-state index is -0.877. The fourth-order valence-electron chi connectivity index (χ4n) is 6.19. The number of carbonyl (C=O) groups is 1. The molecule has 0 spiro atoms. The molecule has 1 amide bonds. The number of nitrogens with one attached hydrogen (secondary N) is 2. The molecule has 3 fully saturated rings. The molecule has 0 aliphatic carbocycles. The molecule has 3 saturated heterocycles.